The van der Waals surface area contributed by atoms with Gasteiger partial charge in [0.05, 0.1) is 0 Å². The molecule has 206 valence electrons. The minimum atomic E-state index is -0.711. The first-order valence-corrected chi connectivity index (χ1v) is 13.1. The van der Waals surface area contributed by atoms with Gasteiger partial charge in [-0.1, -0.05) is 13.8 Å². The van der Waals surface area contributed by atoms with E-state index in [1.54, 1.807) is 0 Å². The SMILES string of the molecule is CCCC(=O)O.CCCN(C(=O)NC1CC(C)(C)N(O)C(C)(C)C1)C1CC(C)(C)N(O)C(C)(C)C1. The van der Waals surface area contributed by atoms with Crippen molar-refractivity contribution in [2.45, 2.75) is 148 Å². The average molecular weight is 501 g/mol. The summed E-state index contributed by atoms with van der Waals surface area (Å²) in [5.41, 5.74) is -1.60. The number of carbonyl (C=O) groups excluding carboxylic acids is 1. The van der Waals surface area contributed by atoms with Gasteiger partial charge in [-0.3, -0.25) is 4.79 Å². The molecule has 0 aromatic rings. The molecule has 2 aliphatic rings. The summed E-state index contributed by atoms with van der Waals surface area (Å²) in [4.78, 5) is 24.9. The van der Waals surface area contributed by atoms with E-state index in [1.807, 2.05) is 67.2 Å². The largest absolute Gasteiger partial charge is 0.481 e. The van der Waals surface area contributed by atoms with Crippen LogP contribution in [0.5, 0.6) is 0 Å². The molecule has 9 heteroatoms. The number of carbonyl (C=O) groups is 2. The van der Waals surface area contributed by atoms with Crippen LogP contribution < -0.4 is 5.32 Å². The number of nitrogens with one attached hydrogen (secondary N) is 1. The molecule has 0 aromatic heterocycles. The molecule has 0 bridgehead atoms. The van der Waals surface area contributed by atoms with Crippen LogP contribution in [0.2, 0.25) is 0 Å². The number of nitrogens with zero attached hydrogens (tertiary/aromatic N) is 3. The number of piperidine rings is 2. The Bertz CT molecular complexity index is 687. The third-order valence-electron chi connectivity index (χ3n) is 7.21. The van der Waals surface area contributed by atoms with E-state index in [9.17, 15) is 20.0 Å². The van der Waals surface area contributed by atoms with Crippen LogP contribution in [0.4, 0.5) is 4.79 Å². The van der Waals surface area contributed by atoms with Gasteiger partial charge in [0, 0.05) is 47.2 Å². The number of hydrogen-bond acceptors (Lipinski definition) is 6. The van der Waals surface area contributed by atoms with E-state index in [0.29, 0.717) is 25.8 Å². The second-order valence-electron chi connectivity index (χ2n) is 12.8. The standard InChI is InChI=1S/C22H44N4O3.C4H8O2/c1-10-11-24(17-14-21(6,7)26(29)22(8,9)15-17)18(27)23-16-12-19(2,3)25(28)20(4,5)13-16;1-2-3-4(5)6/h16-17,28-29H,10-15H2,1-9H3,(H,23,27);2-3H2,1H3,(H,5,6). The van der Waals surface area contributed by atoms with Crippen molar-refractivity contribution in [3.8, 4) is 0 Å². The number of carboxylic acids is 1. The van der Waals surface area contributed by atoms with E-state index in [1.165, 1.54) is 10.1 Å². The average Bonchev–Trinajstić information content (AvgIpc) is 2.67. The zero-order chi connectivity index (χ0) is 27.4. The molecule has 0 saturated carbocycles. The number of aliphatic carboxylic acids is 1. The van der Waals surface area contributed by atoms with Crippen molar-refractivity contribution in [2.75, 3.05) is 6.54 Å². The number of amides is 2. The minimum Gasteiger partial charge on any atom is -0.481 e. The van der Waals surface area contributed by atoms with E-state index in [2.05, 4.69) is 12.2 Å². The molecule has 0 spiro atoms. The van der Waals surface area contributed by atoms with Crippen molar-refractivity contribution in [2.24, 2.45) is 0 Å². The van der Waals surface area contributed by atoms with Gasteiger partial charge in [-0.05, 0) is 93.9 Å². The van der Waals surface area contributed by atoms with E-state index in [0.717, 1.165) is 25.7 Å². The monoisotopic (exact) mass is 500 g/mol. The fourth-order valence-electron chi connectivity index (χ4n) is 5.97. The summed E-state index contributed by atoms with van der Waals surface area (Å²) in [5, 5.41) is 35.2. The summed E-state index contributed by atoms with van der Waals surface area (Å²) in [5.74, 6) is -0.711. The number of rotatable bonds is 6. The highest BCUT2D eigenvalue weighted by molar-refractivity contribution is 5.75. The lowest BCUT2D eigenvalue weighted by Gasteiger charge is -2.54. The van der Waals surface area contributed by atoms with Gasteiger partial charge in [0.25, 0.3) is 0 Å². The third kappa shape index (κ3) is 8.30. The predicted octanol–water partition coefficient (Wildman–Crippen LogP) is 5.10. The Morgan fingerprint density at radius 1 is 0.800 bits per heavy atom. The highest BCUT2D eigenvalue weighted by Gasteiger charge is 2.49. The number of urea groups is 1. The highest BCUT2D eigenvalue weighted by Crippen LogP contribution is 2.40. The first kappa shape index (κ1) is 31.6. The van der Waals surface area contributed by atoms with Crippen molar-refractivity contribution in [1.82, 2.24) is 20.3 Å². The van der Waals surface area contributed by atoms with Crippen molar-refractivity contribution in [3.05, 3.63) is 0 Å². The zero-order valence-electron chi connectivity index (χ0n) is 23.8. The molecule has 9 nitrogen and oxygen atoms in total. The van der Waals surface area contributed by atoms with E-state index >= 15 is 0 Å². The van der Waals surface area contributed by atoms with Gasteiger partial charge >= 0.3 is 12.0 Å². The number of carboxylic acid groups (broad SMARTS) is 1. The second kappa shape index (κ2) is 11.8. The fourth-order valence-corrected chi connectivity index (χ4v) is 5.97. The van der Waals surface area contributed by atoms with E-state index < -0.39 is 28.1 Å². The van der Waals surface area contributed by atoms with Crippen LogP contribution in [0.25, 0.3) is 0 Å². The molecule has 0 unspecified atom stereocenters. The quantitative estimate of drug-likeness (QED) is 0.401. The smallest absolute Gasteiger partial charge is 0.317 e. The Hall–Kier alpha value is -1.42. The lowest BCUT2D eigenvalue weighted by molar-refractivity contribution is -0.250. The highest BCUT2D eigenvalue weighted by atomic mass is 16.5. The molecule has 2 heterocycles. The van der Waals surface area contributed by atoms with Gasteiger partial charge in [-0.25, -0.2) is 4.79 Å². The van der Waals surface area contributed by atoms with Crippen LogP contribution in [0.1, 0.15) is 114 Å². The van der Waals surface area contributed by atoms with Crippen molar-refractivity contribution < 1.29 is 25.1 Å². The zero-order valence-corrected chi connectivity index (χ0v) is 23.8. The van der Waals surface area contributed by atoms with Crippen LogP contribution in [-0.4, -0.2) is 83.3 Å². The first-order chi connectivity index (χ1) is 15.8. The molecule has 2 aliphatic heterocycles. The molecular weight excluding hydrogens is 448 g/mol. The van der Waals surface area contributed by atoms with Gasteiger partial charge in [0.1, 0.15) is 0 Å². The lowest BCUT2D eigenvalue weighted by Crippen LogP contribution is -2.66. The molecule has 0 radical (unpaired) electrons. The Morgan fingerprint density at radius 3 is 1.51 bits per heavy atom. The van der Waals surface area contributed by atoms with Gasteiger partial charge < -0.3 is 25.7 Å². The van der Waals surface area contributed by atoms with E-state index in [4.69, 9.17) is 5.11 Å². The van der Waals surface area contributed by atoms with Crippen molar-refractivity contribution in [3.63, 3.8) is 0 Å². The molecule has 0 aromatic carbocycles. The van der Waals surface area contributed by atoms with E-state index in [-0.39, 0.29) is 18.1 Å². The first-order valence-electron chi connectivity index (χ1n) is 13.1. The minimum absolute atomic E-state index is 0.00853. The maximum Gasteiger partial charge on any atom is 0.317 e. The number of hydroxylamine groups is 4. The van der Waals surface area contributed by atoms with Gasteiger partial charge in [-0.15, -0.1) is 0 Å². The topological polar surface area (TPSA) is 117 Å². The second-order valence-corrected chi connectivity index (χ2v) is 12.8. The van der Waals surface area contributed by atoms with Crippen LogP contribution in [0.3, 0.4) is 0 Å². The van der Waals surface area contributed by atoms with Crippen molar-refractivity contribution in [1.29, 1.82) is 0 Å². The maximum atomic E-state index is 13.4. The van der Waals surface area contributed by atoms with Gasteiger partial charge in [0.15, 0.2) is 0 Å². The summed E-state index contributed by atoms with van der Waals surface area (Å²) < 4.78 is 0. The fraction of sp³-hybridized carbons (Fsp3) is 0.923. The third-order valence-corrected chi connectivity index (χ3v) is 7.21. The molecule has 2 saturated heterocycles. The van der Waals surface area contributed by atoms with Crippen LogP contribution in [0.15, 0.2) is 0 Å². The summed E-state index contributed by atoms with van der Waals surface area (Å²) in [6, 6.07) is 0.0503. The predicted molar refractivity (Wildman–Crippen MR) is 138 cm³/mol. The molecule has 35 heavy (non-hydrogen) atoms. The Kier molecular flexibility index (Phi) is 10.6. The van der Waals surface area contributed by atoms with Gasteiger partial charge in [-0.2, -0.15) is 10.1 Å². The Labute approximate surface area is 212 Å². The molecule has 2 rings (SSSR count). The summed E-state index contributed by atoms with van der Waals surface area (Å²) >= 11 is 0. The van der Waals surface area contributed by atoms with Crippen LogP contribution in [0, 0.1) is 0 Å². The molecule has 0 aliphatic carbocycles. The molecule has 4 N–H and O–H groups in total. The molecule has 2 amide bonds. The molecule has 2 fully saturated rings. The summed E-state index contributed by atoms with van der Waals surface area (Å²) in [7, 11) is 0. The normalized spacial score (nSPS) is 24.2. The summed E-state index contributed by atoms with van der Waals surface area (Å²) in [6.07, 6.45) is 4.77. The molecule has 0 atom stereocenters. The summed E-state index contributed by atoms with van der Waals surface area (Å²) in [6.45, 7) is 20.8. The van der Waals surface area contributed by atoms with Crippen LogP contribution in [-0.2, 0) is 4.79 Å². The maximum absolute atomic E-state index is 13.4. The number of hydrogen-bond donors (Lipinski definition) is 4. The lowest BCUT2D eigenvalue weighted by atomic mass is 9.78. The Morgan fingerprint density at radius 2 is 1.20 bits per heavy atom. The Balaban J connectivity index is 0.000000905. The van der Waals surface area contributed by atoms with Gasteiger partial charge in [0.2, 0.25) is 0 Å². The molecular formula is C26H52N4O5. The van der Waals surface area contributed by atoms with Crippen molar-refractivity contribution >= 4 is 12.0 Å². The van der Waals surface area contributed by atoms with Crippen LogP contribution >= 0.6 is 0 Å².